The molecule has 6 fully saturated rings. The van der Waals surface area contributed by atoms with Gasteiger partial charge in [0.15, 0.2) is 0 Å². The zero-order valence-corrected chi connectivity index (χ0v) is 59.5. The summed E-state index contributed by atoms with van der Waals surface area (Å²) >= 11 is 0. The average molecular weight is 1420 g/mol. The minimum atomic E-state index is -0.625. The molecule has 102 heavy (non-hydrogen) atoms. The molecule has 3 aromatic rings. The number of hydrogen-bond donors (Lipinski definition) is 7. The number of ether oxygens (including phenoxy) is 5. The number of carbonyl (C=O) groups is 12. The topological polar surface area (TPSA) is 365 Å². The molecule has 0 aromatic heterocycles. The maximum atomic E-state index is 12.9. The number of nitrogens with two attached hydrogens (primary N) is 1. The SMILES string of the molecule is CC(C)(C)OC(=O)N1CCC(COCC=O)CC1.CC(C)(C)OC(=O)N1CCC(COCCNc2cccc3c2CN(C2CCC(=O)NC2=O)C3=O)CC1.Nc1cccc2c1CN(C1CCC(=O)NC1=O)C2=O.O=C1CCC(N2Cc3c(NCCOCC4CCNCC4)cccc3C2=O)C(=O)N1. The predicted octanol–water partition coefficient (Wildman–Crippen LogP) is 5.28. The quantitative estimate of drug-likeness (QED) is 0.0347. The van der Waals surface area contributed by atoms with Crippen LogP contribution < -0.4 is 37.6 Å². The molecule has 6 saturated heterocycles. The summed E-state index contributed by atoms with van der Waals surface area (Å²) in [4.78, 5) is 151. The van der Waals surface area contributed by atoms with Crippen LogP contribution >= 0.6 is 0 Å². The summed E-state index contributed by atoms with van der Waals surface area (Å²) in [6.07, 6.45) is 8.00. The Labute approximate surface area is 595 Å². The molecule has 3 atom stereocenters. The molecule has 0 aliphatic carbocycles. The van der Waals surface area contributed by atoms with Crippen LogP contribution in [0.5, 0.6) is 0 Å². The lowest BCUT2D eigenvalue weighted by Gasteiger charge is -2.33. The van der Waals surface area contributed by atoms with E-state index in [0.717, 1.165) is 92.6 Å². The van der Waals surface area contributed by atoms with E-state index in [-0.39, 0.29) is 79.4 Å². The van der Waals surface area contributed by atoms with Gasteiger partial charge in [0.1, 0.15) is 42.2 Å². The smallest absolute Gasteiger partial charge is 0.410 e. The van der Waals surface area contributed by atoms with Crippen molar-refractivity contribution in [3.8, 4) is 0 Å². The molecular weight excluding hydrogens is 1320 g/mol. The molecule has 29 nitrogen and oxygen atoms in total. The Kier molecular flexibility index (Phi) is 27.0. The van der Waals surface area contributed by atoms with Gasteiger partial charge in [-0.15, -0.1) is 0 Å². The number of hydrogen-bond acceptors (Lipinski definition) is 21. The predicted molar refractivity (Wildman–Crippen MR) is 374 cm³/mol. The van der Waals surface area contributed by atoms with Gasteiger partial charge in [-0.3, -0.25) is 59.1 Å². The number of nitrogen functional groups attached to an aromatic ring is 1. The van der Waals surface area contributed by atoms with Crippen molar-refractivity contribution < 1.29 is 81.2 Å². The second kappa shape index (κ2) is 35.7. The van der Waals surface area contributed by atoms with Crippen molar-refractivity contribution in [2.24, 2.45) is 17.8 Å². The Morgan fingerprint density at radius 1 is 0.490 bits per heavy atom. The van der Waals surface area contributed by atoms with Gasteiger partial charge >= 0.3 is 12.2 Å². The van der Waals surface area contributed by atoms with Crippen LogP contribution in [-0.4, -0.2) is 217 Å². The maximum Gasteiger partial charge on any atom is 0.410 e. The number of nitrogens with one attached hydrogen (secondary N) is 6. The van der Waals surface area contributed by atoms with Gasteiger partial charge in [-0.1, -0.05) is 18.2 Å². The highest BCUT2D eigenvalue weighted by Gasteiger charge is 2.43. The van der Waals surface area contributed by atoms with Gasteiger partial charge < -0.3 is 74.7 Å². The number of carbonyl (C=O) groups excluding carboxylic acids is 12. The molecule has 12 rings (SSSR count). The molecule has 554 valence electrons. The normalized spacial score (nSPS) is 21.1. The van der Waals surface area contributed by atoms with Gasteiger partial charge in [-0.05, 0) is 167 Å². The van der Waals surface area contributed by atoms with Crippen LogP contribution in [0.25, 0.3) is 0 Å². The molecular formula is C73H100N12O17. The molecule has 9 aliphatic heterocycles. The van der Waals surface area contributed by atoms with Crippen LogP contribution in [-0.2, 0) is 76.9 Å². The van der Waals surface area contributed by atoms with Crippen LogP contribution in [0, 0.1) is 17.8 Å². The van der Waals surface area contributed by atoms with Crippen molar-refractivity contribution in [1.82, 2.24) is 45.8 Å². The Balaban J connectivity index is 0.000000165. The molecule has 11 amide bonds. The van der Waals surface area contributed by atoms with Gasteiger partial charge in [0.05, 0.1) is 19.8 Å². The number of piperidine rings is 6. The number of imide groups is 3. The number of amides is 11. The molecule has 9 heterocycles. The number of rotatable bonds is 19. The van der Waals surface area contributed by atoms with Crippen LogP contribution in [0.1, 0.15) is 166 Å². The fourth-order valence-electron chi connectivity index (χ4n) is 13.7. The van der Waals surface area contributed by atoms with E-state index in [1.54, 1.807) is 49.9 Å². The zero-order valence-electron chi connectivity index (χ0n) is 59.5. The van der Waals surface area contributed by atoms with E-state index < -0.39 is 41.1 Å². The Morgan fingerprint density at radius 3 is 1.21 bits per heavy atom. The first kappa shape index (κ1) is 77.1. The van der Waals surface area contributed by atoms with E-state index >= 15 is 0 Å². The first-order chi connectivity index (χ1) is 48.7. The maximum absolute atomic E-state index is 12.9. The summed E-state index contributed by atoms with van der Waals surface area (Å²) in [6.45, 7) is 21.7. The van der Waals surface area contributed by atoms with E-state index in [1.165, 1.54) is 4.90 Å². The van der Waals surface area contributed by atoms with Gasteiger partial charge in [-0.25, -0.2) is 9.59 Å². The van der Waals surface area contributed by atoms with E-state index in [1.807, 2.05) is 65.8 Å². The first-order valence-electron chi connectivity index (χ1n) is 35.6. The molecule has 3 aromatic carbocycles. The molecule has 29 heteroatoms. The van der Waals surface area contributed by atoms with Gasteiger partial charge in [0.2, 0.25) is 35.4 Å². The molecule has 8 N–H and O–H groups in total. The third kappa shape index (κ3) is 21.1. The monoisotopic (exact) mass is 1420 g/mol. The molecule has 0 saturated carbocycles. The van der Waals surface area contributed by atoms with Crippen molar-refractivity contribution >= 4 is 88.7 Å². The summed E-state index contributed by atoms with van der Waals surface area (Å²) in [7, 11) is 0. The molecule has 3 unspecified atom stereocenters. The first-order valence-corrected chi connectivity index (χ1v) is 35.6. The summed E-state index contributed by atoms with van der Waals surface area (Å²) < 4.78 is 27.7. The van der Waals surface area contributed by atoms with E-state index in [4.69, 9.17) is 29.4 Å². The van der Waals surface area contributed by atoms with E-state index in [2.05, 4.69) is 31.9 Å². The van der Waals surface area contributed by atoms with E-state index in [9.17, 15) is 57.5 Å². The van der Waals surface area contributed by atoms with Crippen molar-refractivity contribution in [2.75, 3.05) is 108 Å². The fraction of sp³-hybridized carbons (Fsp3) is 0.589. The number of benzene rings is 3. The number of nitrogens with zero attached hydrogens (tertiary/aromatic N) is 5. The largest absolute Gasteiger partial charge is 0.444 e. The molecule has 9 aliphatic rings. The van der Waals surface area contributed by atoms with Crippen LogP contribution in [0.15, 0.2) is 54.6 Å². The van der Waals surface area contributed by atoms with Crippen LogP contribution in [0.3, 0.4) is 0 Å². The molecule has 0 radical (unpaired) electrons. The van der Waals surface area contributed by atoms with Crippen molar-refractivity contribution in [1.29, 1.82) is 0 Å². The second-order valence-corrected chi connectivity index (χ2v) is 29.0. The highest BCUT2D eigenvalue weighted by atomic mass is 16.6. The Hall–Kier alpha value is -9.06. The molecule has 0 spiro atoms. The van der Waals surface area contributed by atoms with Crippen LogP contribution in [0.4, 0.5) is 26.7 Å². The highest BCUT2D eigenvalue weighted by molar-refractivity contribution is 6.08. The fourth-order valence-corrected chi connectivity index (χ4v) is 13.7. The average Bonchev–Trinajstić information content (AvgIpc) is 1.64. The number of likely N-dealkylation sites (tertiary alicyclic amines) is 2. The highest BCUT2D eigenvalue weighted by Crippen LogP contribution is 2.35. The minimum absolute atomic E-state index is 0.152. The van der Waals surface area contributed by atoms with E-state index in [0.29, 0.717) is 145 Å². The van der Waals surface area contributed by atoms with Crippen LogP contribution in [0.2, 0.25) is 0 Å². The molecule has 0 bridgehead atoms. The Morgan fingerprint density at radius 2 is 0.843 bits per heavy atom. The lowest BCUT2D eigenvalue weighted by Crippen LogP contribution is -2.52. The number of fused-ring (bicyclic) bond motifs is 3. The summed E-state index contributed by atoms with van der Waals surface area (Å²) in [5.74, 6) is -1.12. The van der Waals surface area contributed by atoms with Gasteiger partial charge in [-0.2, -0.15) is 0 Å². The lowest BCUT2D eigenvalue weighted by atomic mass is 9.98. The number of aldehydes is 1. The standard InChI is InChI=1S/C26H36N4O6.C21H28N4O4.C13H13N3O3.C13H23NO4/c1-26(2,3)36-25(34)29-12-9-17(10-13-29)16-35-14-11-27-20-6-4-5-18-19(20)15-30(24(18)33)21-7-8-22(31)28-23(21)32;26-19-5-4-18(20(27)24-19)25-12-16-15(21(25)28)2-1-3-17(16)23-10-11-29-13-14-6-8-22-9-7-14;14-9-3-1-2-7-8(9)6-16(13(7)19)10-4-5-11(17)15-12(10)18;1-13(2,3)18-12(16)14-6-4-11(5-7-14)10-17-9-8-15/h4-6,17,21,27H,7-16H2,1-3H3,(H,28,31,32);1-3,14,18,22-23H,4-13H2,(H,24,26,27);1-3,10H,4-6,14H2,(H,15,17,18);8,11H,4-7,9-10H2,1-3H3. The van der Waals surface area contributed by atoms with Gasteiger partial charge in [0.25, 0.3) is 17.7 Å². The van der Waals surface area contributed by atoms with Crippen molar-refractivity contribution in [3.63, 3.8) is 0 Å². The summed E-state index contributed by atoms with van der Waals surface area (Å²) in [5.41, 5.74) is 11.5. The summed E-state index contributed by atoms with van der Waals surface area (Å²) in [5, 5.41) is 17.0. The summed E-state index contributed by atoms with van der Waals surface area (Å²) in [6, 6.07) is 14.5. The van der Waals surface area contributed by atoms with Gasteiger partial charge in [0, 0.05) is 142 Å². The Bertz CT molecular complexity index is 3550. The van der Waals surface area contributed by atoms with Crippen molar-refractivity contribution in [3.05, 3.63) is 88.0 Å². The third-order valence-corrected chi connectivity index (χ3v) is 19.1. The lowest BCUT2D eigenvalue weighted by molar-refractivity contribution is -0.138. The minimum Gasteiger partial charge on any atom is -0.444 e. The zero-order chi connectivity index (χ0) is 73.3. The third-order valence-electron chi connectivity index (χ3n) is 19.1. The van der Waals surface area contributed by atoms with Crippen molar-refractivity contribution in [2.45, 2.75) is 168 Å². The number of anilines is 3. The second-order valence-electron chi connectivity index (χ2n) is 29.0.